The average molecular weight is 269 g/mol. The number of aromatic amines is 1. The Bertz CT molecular complexity index is 601. The standard InChI is InChI=1S/C10H15N5O4/c11-10-13-8-7(9(18)14-10)12-5-15(8)19-6(1-3-16)2-4-17/h5-6,16-17H,1-4H2,(H3,11,13,14,18). The third-order valence-corrected chi connectivity index (χ3v) is 2.56. The molecule has 0 unspecified atom stereocenters. The predicted octanol–water partition coefficient (Wildman–Crippen LogP) is -1.74. The number of H-pyrrole nitrogens is 1. The predicted molar refractivity (Wildman–Crippen MR) is 66.3 cm³/mol. The van der Waals surface area contributed by atoms with Crippen LogP contribution in [-0.2, 0) is 0 Å². The number of anilines is 1. The van der Waals surface area contributed by atoms with Gasteiger partial charge in [-0.05, 0) is 0 Å². The topological polar surface area (TPSA) is 139 Å². The van der Waals surface area contributed by atoms with Crippen molar-refractivity contribution in [2.45, 2.75) is 18.9 Å². The molecule has 0 amide bonds. The molecule has 19 heavy (non-hydrogen) atoms. The molecule has 2 heterocycles. The number of aliphatic hydroxyl groups excluding tert-OH is 2. The number of hydrogen-bond acceptors (Lipinski definition) is 7. The number of fused-ring (bicyclic) bond motifs is 1. The van der Waals surface area contributed by atoms with Crippen LogP contribution in [0.5, 0.6) is 0 Å². The molecule has 9 heteroatoms. The van der Waals surface area contributed by atoms with E-state index in [1.54, 1.807) is 0 Å². The van der Waals surface area contributed by atoms with Crippen LogP contribution in [0.4, 0.5) is 5.95 Å². The zero-order chi connectivity index (χ0) is 13.8. The molecule has 0 aromatic carbocycles. The highest BCUT2D eigenvalue weighted by atomic mass is 16.7. The molecule has 0 aliphatic carbocycles. The second kappa shape index (κ2) is 5.67. The van der Waals surface area contributed by atoms with Crippen molar-refractivity contribution < 1.29 is 15.1 Å². The molecular formula is C10H15N5O4. The van der Waals surface area contributed by atoms with Crippen LogP contribution in [0.25, 0.3) is 11.2 Å². The number of nitrogens with zero attached hydrogens (tertiary/aromatic N) is 3. The molecule has 9 nitrogen and oxygen atoms in total. The molecule has 104 valence electrons. The zero-order valence-electron chi connectivity index (χ0n) is 10.1. The fourth-order valence-corrected chi connectivity index (χ4v) is 1.68. The van der Waals surface area contributed by atoms with E-state index in [0.717, 1.165) is 0 Å². The lowest BCUT2D eigenvalue weighted by Crippen LogP contribution is -2.27. The lowest BCUT2D eigenvalue weighted by molar-refractivity contribution is 0.0129. The Balaban J connectivity index is 2.32. The highest BCUT2D eigenvalue weighted by molar-refractivity contribution is 5.69. The molecule has 2 rings (SSSR count). The largest absolute Gasteiger partial charge is 0.407 e. The number of hydrogen-bond donors (Lipinski definition) is 4. The van der Waals surface area contributed by atoms with Crippen LogP contribution >= 0.6 is 0 Å². The lowest BCUT2D eigenvalue weighted by atomic mass is 10.2. The van der Waals surface area contributed by atoms with Gasteiger partial charge in [0.2, 0.25) is 11.6 Å². The Morgan fingerprint density at radius 1 is 1.42 bits per heavy atom. The lowest BCUT2D eigenvalue weighted by Gasteiger charge is -2.16. The maximum absolute atomic E-state index is 11.6. The summed E-state index contributed by atoms with van der Waals surface area (Å²) in [5.74, 6) is -0.0382. The SMILES string of the molecule is Nc1nc2c(ncn2OC(CCO)CCO)c(=O)[nH]1. The molecule has 0 saturated heterocycles. The van der Waals surface area contributed by atoms with Crippen LogP contribution in [0.15, 0.2) is 11.1 Å². The summed E-state index contributed by atoms with van der Waals surface area (Å²) in [5, 5.41) is 17.8. The molecule has 5 N–H and O–H groups in total. The van der Waals surface area contributed by atoms with Crippen LogP contribution < -0.4 is 16.1 Å². The van der Waals surface area contributed by atoms with E-state index < -0.39 is 11.7 Å². The van der Waals surface area contributed by atoms with Gasteiger partial charge in [0, 0.05) is 26.1 Å². The number of nitrogens with two attached hydrogens (primary N) is 1. The van der Waals surface area contributed by atoms with E-state index in [1.807, 2.05) is 0 Å². The van der Waals surface area contributed by atoms with Gasteiger partial charge in [-0.15, -0.1) is 0 Å². The molecule has 0 atom stereocenters. The van der Waals surface area contributed by atoms with E-state index in [0.29, 0.717) is 12.8 Å². The summed E-state index contributed by atoms with van der Waals surface area (Å²) in [6, 6.07) is 0. The number of imidazole rings is 1. The highest BCUT2D eigenvalue weighted by Crippen LogP contribution is 2.07. The Hall–Kier alpha value is -2.13. The van der Waals surface area contributed by atoms with Gasteiger partial charge in [-0.25, -0.2) is 4.98 Å². The normalized spacial score (nSPS) is 11.3. The van der Waals surface area contributed by atoms with Crippen molar-refractivity contribution in [3.8, 4) is 0 Å². The third-order valence-electron chi connectivity index (χ3n) is 2.56. The van der Waals surface area contributed by atoms with Gasteiger partial charge in [-0.3, -0.25) is 9.78 Å². The molecule has 2 aromatic heterocycles. The Labute approximate surface area is 107 Å². The molecule has 0 aliphatic rings. The summed E-state index contributed by atoms with van der Waals surface area (Å²) in [6.07, 6.45) is 1.58. The van der Waals surface area contributed by atoms with Gasteiger partial charge in [-0.1, -0.05) is 0 Å². The van der Waals surface area contributed by atoms with Gasteiger partial charge in [-0.2, -0.15) is 9.71 Å². The molecule has 0 aliphatic heterocycles. The van der Waals surface area contributed by atoms with Crippen molar-refractivity contribution >= 4 is 17.1 Å². The number of rotatable bonds is 6. The fraction of sp³-hybridized carbons (Fsp3) is 0.500. The highest BCUT2D eigenvalue weighted by Gasteiger charge is 2.14. The van der Waals surface area contributed by atoms with E-state index in [1.165, 1.54) is 11.1 Å². The number of nitrogen functional groups attached to an aromatic ring is 1. The summed E-state index contributed by atoms with van der Waals surface area (Å²) in [4.78, 5) is 27.2. The van der Waals surface area contributed by atoms with E-state index in [-0.39, 0.29) is 30.3 Å². The number of aromatic nitrogens is 4. The molecule has 0 saturated carbocycles. The van der Waals surface area contributed by atoms with Crippen molar-refractivity contribution in [3.05, 3.63) is 16.7 Å². The van der Waals surface area contributed by atoms with Gasteiger partial charge >= 0.3 is 0 Å². The van der Waals surface area contributed by atoms with Crippen LogP contribution in [0.2, 0.25) is 0 Å². The van der Waals surface area contributed by atoms with Crippen molar-refractivity contribution in [1.82, 2.24) is 19.7 Å². The molecule has 0 fully saturated rings. The summed E-state index contributed by atoms with van der Waals surface area (Å²) < 4.78 is 1.22. The van der Waals surface area contributed by atoms with Crippen LogP contribution in [-0.4, -0.2) is 49.2 Å². The first kappa shape index (κ1) is 13.3. The molecule has 0 bridgehead atoms. The summed E-state index contributed by atoms with van der Waals surface area (Å²) in [6.45, 7) is -0.152. The van der Waals surface area contributed by atoms with Gasteiger partial charge < -0.3 is 20.8 Å². The van der Waals surface area contributed by atoms with Crippen LogP contribution in [0.1, 0.15) is 12.8 Å². The monoisotopic (exact) mass is 269 g/mol. The fourth-order valence-electron chi connectivity index (χ4n) is 1.68. The minimum absolute atomic E-state index is 0.0382. The van der Waals surface area contributed by atoms with E-state index in [9.17, 15) is 4.79 Å². The Morgan fingerprint density at radius 3 is 2.74 bits per heavy atom. The maximum Gasteiger partial charge on any atom is 0.280 e. The van der Waals surface area contributed by atoms with Gasteiger partial charge in [0.25, 0.3) is 5.56 Å². The van der Waals surface area contributed by atoms with Crippen LogP contribution in [0, 0.1) is 0 Å². The second-order valence-corrected chi connectivity index (χ2v) is 3.95. The summed E-state index contributed by atoms with van der Waals surface area (Å²) in [7, 11) is 0. The first-order valence-electron chi connectivity index (χ1n) is 5.77. The van der Waals surface area contributed by atoms with E-state index >= 15 is 0 Å². The van der Waals surface area contributed by atoms with Gasteiger partial charge in [0.1, 0.15) is 12.4 Å². The van der Waals surface area contributed by atoms with E-state index in [4.69, 9.17) is 20.8 Å². The Morgan fingerprint density at radius 2 is 2.11 bits per heavy atom. The first-order valence-corrected chi connectivity index (χ1v) is 5.77. The zero-order valence-corrected chi connectivity index (χ0v) is 10.1. The molecular weight excluding hydrogens is 254 g/mol. The average Bonchev–Trinajstić information content (AvgIpc) is 2.73. The van der Waals surface area contributed by atoms with Gasteiger partial charge in [0.15, 0.2) is 5.52 Å². The van der Waals surface area contributed by atoms with Crippen molar-refractivity contribution in [3.63, 3.8) is 0 Å². The second-order valence-electron chi connectivity index (χ2n) is 3.95. The van der Waals surface area contributed by atoms with Crippen molar-refractivity contribution in [2.75, 3.05) is 18.9 Å². The number of nitrogens with one attached hydrogen (secondary N) is 1. The molecule has 2 aromatic rings. The van der Waals surface area contributed by atoms with E-state index in [2.05, 4.69) is 15.0 Å². The third kappa shape index (κ3) is 2.83. The minimum atomic E-state index is -0.453. The molecule has 0 radical (unpaired) electrons. The smallest absolute Gasteiger partial charge is 0.280 e. The minimum Gasteiger partial charge on any atom is -0.407 e. The number of aliphatic hydroxyl groups is 2. The summed E-state index contributed by atoms with van der Waals surface area (Å²) in [5.41, 5.74) is 5.31. The quantitative estimate of drug-likeness (QED) is 0.488. The van der Waals surface area contributed by atoms with Crippen molar-refractivity contribution in [1.29, 1.82) is 0 Å². The summed E-state index contributed by atoms with van der Waals surface area (Å²) >= 11 is 0. The van der Waals surface area contributed by atoms with Crippen molar-refractivity contribution in [2.24, 2.45) is 0 Å². The maximum atomic E-state index is 11.6. The first-order chi connectivity index (χ1) is 9.15. The van der Waals surface area contributed by atoms with Crippen LogP contribution in [0.3, 0.4) is 0 Å². The molecule has 0 spiro atoms. The van der Waals surface area contributed by atoms with Gasteiger partial charge in [0.05, 0.1) is 0 Å². The Kier molecular flexibility index (Phi) is 3.97.